The van der Waals surface area contributed by atoms with Crippen molar-refractivity contribution in [2.45, 2.75) is 19.4 Å². The van der Waals surface area contributed by atoms with Crippen LogP contribution in [0.1, 0.15) is 22.8 Å². The first kappa shape index (κ1) is 24.6. The van der Waals surface area contributed by atoms with E-state index >= 15 is 0 Å². The molecular formula is C24H19Cl3N2O4. The first-order valence-corrected chi connectivity index (χ1v) is 10.9. The van der Waals surface area contributed by atoms with Crippen LogP contribution < -0.4 is 15.4 Å². The van der Waals surface area contributed by atoms with Crippen molar-refractivity contribution < 1.29 is 19.1 Å². The second kappa shape index (κ2) is 11.2. The van der Waals surface area contributed by atoms with E-state index in [1.54, 1.807) is 12.1 Å². The van der Waals surface area contributed by atoms with Crippen molar-refractivity contribution in [3.8, 4) is 5.75 Å². The Morgan fingerprint density at radius 1 is 0.909 bits per heavy atom. The Labute approximate surface area is 205 Å². The molecule has 3 rings (SSSR count). The van der Waals surface area contributed by atoms with Gasteiger partial charge in [-0.2, -0.15) is 0 Å². The minimum Gasteiger partial charge on any atom is -0.424 e. The van der Waals surface area contributed by atoms with Gasteiger partial charge in [-0.15, -0.1) is 0 Å². The molecule has 33 heavy (non-hydrogen) atoms. The normalized spacial score (nSPS) is 11.4. The maximum atomic E-state index is 12.9. The van der Waals surface area contributed by atoms with E-state index in [4.69, 9.17) is 39.5 Å². The highest BCUT2D eigenvalue weighted by Crippen LogP contribution is 2.28. The van der Waals surface area contributed by atoms with Crippen molar-refractivity contribution in [1.29, 1.82) is 0 Å². The van der Waals surface area contributed by atoms with Crippen LogP contribution in [-0.2, 0) is 16.0 Å². The predicted molar refractivity (Wildman–Crippen MR) is 129 cm³/mol. The van der Waals surface area contributed by atoms with E-state index in [1.165, 1.54) is 31.2 Å². The largest absolute Gasteiger partial charge is 0.424 e. The highest BCUT2D eigenvalue weighted by molar-refractivity contribution is 6.42. The number of hydrogen-bond acceptors (Lipinski definition) is 4. The second-order valence-electron chi connectivity index (χ2n) is 7.09. The van der Waals surface area contributed by atoms with Gasteiger partial charge >= 0.3 is 5.97 Å². The summed E-state index contributed by atoms with van der Waals surface area (Å²) >= 11 is 18.0. The lowest BCUT2D eigenvalue weighted by atomic mass is 10.1. The summed E-state index contributed by atoms with van der Waals surface area (Å²) in [7, 11) is 0. The maximum Gasteiger partial charge on any atom is 0.334 e. The summed E-state index contributed by atoms with van der Waals surface area (Å²) in [6, 6.07) is 17.1. The molecule has 0 aliphatic rings. The summed E-state index contributed by atoms with van der Waals surface area (Å²) in [5, 5.41) is 6.15. The summed E-state index contributed by atoms with van der Waals surface area (Å²) in [4.78, 5) is 37.5. The highest BCUT2D eigenvalue weighted by Gasteiger charge is 2.24. The third kappa shape index (κ3) is 6.96. The Balaban J connectivity index is 1.83. The third-order valence-corrected chi connectivity index (χ3v) is 5.49. The standard InChI is InChI=1S/C24H19Cl3N2O4/c1-14(30)28-21(11-15-5-3-2-4-6-15)24(32)33-22-10-7-16(25)12-18(22)23(31)29-17-8-9-19(26)20(27)13-17/h2-10,12-13,21H,11H2,1H3,(H,28,30)(H,29,31)/t21-/m0/s1. The minimum absolute atomic E-state index is 0.00891. The number of amides is 2. The van der Waals surface area contributed by atoms with Crippen LogP contribution >= 0.6 is 34.8 Å². The van der Waals surface area contributed by atoms with Crippen LogP contribution in [0.3, 0.4) is 0 Å². The molecule has 0 saturated heterocycles. The van der Waals surface area contributed by atoms with Gasteiger partial charge in [0.1, 0.15) is 11.8 Å². The lowest BCUT2D eigenvalue weighted by Crippen LogP contribution is -2.43. The molecule has 0 unspecified atom stereocenters. The average Bonchev–Trinajstić information content (AvgIpc) is 2.77. The summed E-state index contributed by atoms with van der Waals surface area (Å²) in [6.45, 7) is 1.31. The molecule has 2 amide bonds. The first-order chi connectivity index (χ1) is 15.7. The van der Waals surface area contributed by atoms with Crippen LogP contribution in [0.15, 0.2) is 66.7 Å². The fourth-order valence-electron chi connectivity index (χ4n) is 3.01. The Hall–Kier alpha value is -3.06. The van der Waals surface area contributed by atoms with Crippen molar-refractivity contribution in [2.75, 3.05) is 5.32 Å². The maximum absolute atomic E-state index is 12.9. The van der Waals surface area contributed by atoms with Gasteiger partial charge in [0.2, 0.25) is 5.91 Å². The van der Waals surface area contributed by atoms with Crippen LogP contribution in [-0.4, -0.2) is 23.8 Å². The molecule has 0 aromatic heterocycles. The number of anilines is 1. The Morgan fingerprint density at radius 2 is 1.64 bits per heavy atom. The van der Waals surface area contributed by atoms with E-state index in [1.807, 2.05) is 30.3 Å². The van der Waals surface area contributed by atoms with Gasteiger partial charge in [-0.25, -0.2) is 4.79 Å². The van der Waals surface area contributed by atoms with Crippen molar-refractivity contribution in [3.63, 3.8) is 0 Å². The lowest BCUT2D eigenvalue weighted by molar-refractivity contribution is -0.139. The molecule has 0 fully saturated rings. The van der Waals surface area contributed by atoms with E-state index in [0.29, 0.717) is 10.7 Å². The monoisotopic (exact) mass is 504 g/mol. The molecule has 3 aromatic rings. The van der Waals surface area contributed by atoms with Crippen LogP contribution in [0.5, 0.6) is 5.75 Å². The smallest absolute Gasteiger partial charge is 0.334 e. The Kier molecular flexibility index (Phi) is 8.33. The SMILES string of the molecule is CC(=O)N[C@@H](Cc1ccccc1)C(=O)Oc1ccc(Cl)cc1C(=O)Nc1ccc(Cl)c(Cl)c1. The average molecular weight is 506 g/mol. The molecule has 0 saturated carbocycles. The van der Waals surface area contributed by atoms with E-state index < -0.39 is 17.9 Å². The zero-order valence-corrected chi connectivity index (χ0v) is 19.7. The number of hydrogen-bond donors (Lipinski definition) is 2. The van der Waals surface area contributed by atoms with Gasteiger partial charge in [0.15, 0.2) is 0 Å². The Bertz CT molecular complexity index is 1190. The van der Waals surface area contributed by atoms with E-state index in [2.05, 4.69) is 10.6 Å². The lowest BCUT2D eigenvalue weighted by Gasteiger charge is -2.18. The number of ether oxygens (including phenoxy) is 1. The van der Waals surface area contributed by atoms with Gasteiger partial charge in [-0.3, -0.25) is 9.59 Å². The summed E-state index contributed by atoms with van der Waals surface area (Å²) in [6.07, 6.45) is 0.220. The minimum atomic E-state index is -0.952. The number of benzene rings is 3. The van der Waals surface area contributed by atoms with Gasteiger partial charge in [-0.1, -0.05) is 65.1 Å². The quantitative estimate of drug-likeness (QED) is 0.326. The van der Waals surface area contributed by atoms with Gasteiger partial charge in [0, 0.05) is 24.1 Å². The second-order valence-corrected chi connectivity index (χ2v) is 8.34. The summed E-state index contributed by atoms with van der Waals surface area (Å²) < 4.78 is 5.52. The van der Waals surface area contributed by atoms with Crippen molar-refractivity contribution in [3.05, 3.63) is 92.9 Å². The molecule has 1 atom stereocenters. The number of carbonyl (C=O) groups excluding carboxylic acids is 3. The van der Waals surface area contributed by atoms with Gasteiger partial charge < -0.3 is 15.4 Å². The topological polar surface area (TPSA) is 84.5 Å². The number of rotatable bonds is 7. The first-order valence-electron chi connectivity index (χ1n) is 9.81. The number of halogens is 3. The van der Waals surface area contributed by atoms with Crippen molar-refractivity contribution in [1.82, 2.24) is 5.32 Å². The molecule has 0 heterocycles. The van der Waals surface area contributed by atoms with Crippen LogP contribution in [0.4, 0.5) is 5.69 Å². The van der Waals surface area contributed by atoms with Gasteiger partial charge in [-0.05, 0) is 42.0 Å². The van der Waals surface area contributed by atoms with E-state index in [-0.39, 0.29) is 33.7 Å². The fraction of sp³-hybridized carbons (Fsp3) is 0.125. The van der Waals surface area contributed by atoms with E-state index in [0.717, 1.165) is 5.56 Å². The molecule has 0 spiro atoms. The van der Waals surface area contributed by atoms with Crippen LogP contribution in [0.2, 0.25) is 15.1 Å². The zero-order valence-electron chi connectivity index (χ0n) is 17.4. The third-order valence-electron chi connectivity index (χ3n) is 4.52. The number of esters is 1. The highest BCUT2D eigenvalue weighted by atomic mass is 35.5. The molecule has 0 aliphatic carbocycles. The fourth-order valence-corrected chi connectivity index (χ4v) is 3.48. The Morgan fingerprint density at radius 3 is 2.30 bits per heavy atom. The summed E-state index contributed by atoms with van der Waals surface area (Å²) in [5.74, 6) is -1.69. The molecule has 0 aliphatic heterocycles. The van der Waals surface area contributed by atoms with Gasteiger partial charge in [0.05, 0.1) is 15.6 Å². The molecule has 0 radical (unpaired) electrons. The molecule has 3 aromatic carbocycles. The molecular weight excluding hydrogens is 487 g/mol. The predicted octanol–water partition coefficient (Wildman–Crippen LogP) is 5.55. The molecule has 0 bridgehead atoms. The van der Waals surface area contributed by atoms with Crippen LogP contribution in [0.25, 0.3) is 0 Å². The number of carbonyl (C=O) groups is 3. The molecule has 170 valence electrons. The van der Waals surface area contributed by atoms with Gasteiger partial charge in [0.25, 0.3) is 5.91 Å². The molecule has 9 heteroatoms. The molecule has 2 N–H and O–H groups in total. The zero-order chi connectivity index (χ0) is 24.0. The number of nitrogens with one attached hydrogen (secondary N) is 2. The van der Waals surface area contributed by atoms with Crippen LogP contribution in [0, 0.1) is 0 Å². The summed E-state index contributed by atoms with van der Waals surface area (Å²) in [5.41, 5.74) is 1.26. The molecule has 6 nitrogen and oxygen atoms in total. The van der Waals surface area contributed by atoms with Crippen molar-refractivity contribution in [2.24, 2.45) is 0 Å². The van der Waals surface area contributed by atoms with Crippen molar-refractivity contribution >= 4 is 58.3 Å². The van der Waals surface area contributed by atoms with E-state index in [9.17, 15) is 14.4 Å².